The lowest BCUT2D eigenvalue weighted by Gasteiger charge is -2.27. The van der Waals surface area contributed by atoms with Crippen LogP contribution in [0.15, 0.2) is 30.9 Å². The quantitative estimate of drug-likeness (QED) is 0.857. The lowest BCUT2D eigenvalue weighted by Crippen LogP contribution is -2.36. The van der Waals surface area contributed by atoms with Crippen molar-refractivity contribution in [1.82, 2.24) is 24.4 Å². The highest BCUT2D eigenvalue weighted by Crippen LogP contribution is 2.21. The maximum atomic E-state index is 4.51. The van der Waals surface area contributed by atoms with E-state index in [4.69, 9.17) is 0 Å². The van der Waals surface area contributed by atoms with E-state index in [-0.39, 0.29) is 0 Å². The Hall–Kier alpha value is -1.95. The molecule has 0 saturated carbocycles. The second kappa shape index (κ2) is 6.04. The molecular formula is C16H22N6. The average molecular weight is 298 g/mol. The van der Waals surface area contributed by atoms with Crippen LogP contribution in [0.4, 0.5) is 5.95 Å². The standard InChI is InChI=1S/C16H22N6/c1-2-8-20(7-1)10-14-11-21-9-6-17-15(21)13-22(12-14)16-18-4-3-5-19-16/h3-6,9,14H,1-2,7-8,10-13H2. The number of likely N-dealkylation sites (tertiary alicyclic amines) is 1. The molecule has 4 rings (SSSR count). The highest BCUT2D eigenvalue weighted by molar-refractivity contribution is 5.30. The average Bonchev–Trinajstić information content (AvgIpc) is 3.17. The smallest absolute Gasteiger partial charge is 0.225 e. The summed E-state index contributed by atoms with van der Waals surface area (Å²) in [5.41, 5.74) is 0. The molecule has 0 radical (unpaired) electrons. The van der Waals surface area contributed by atoms with Crippen LogP contribution in [0, 0.1) is 5.92 Å². The molecule has 6 nitrogen and oxygen atoms in total. The Balaban J connectivity index is 1.57. The number of nitrogens with zero attached hydrogens (tertiary/aromatic N) is 6. The molecule has 1 atom stereocenters. The summed E-state index contributed by atoms with van der Waals surface area (Å²) in [5, 5.41) is 0. The van der Waals surface area contributed by atoms with Crippen molar-refractivity contribution in [1.29, 1.82) is 0 Å². The van der Waals surface area contributed by atoms with Gasteiger partial charge in [0.1, 0.15) is 5.82 Å². The van der Waals surface area contributed by atoms with Crippen LogP contribution in [0.2, 0.25) is 0 Å². The van der Waals surface area contributed by atoms with Crippen molar-refractivity contribution in [2.45, 2.75) is 25.9 Å². The summed E-state index contributed by atoms with van der Waals surface area (Å²) in [7, 11) is 0. The number of rotatable bonds is 3. The lowest BCUT2D eigenvalue weighted by molar-refractivity contribution is 0.264. The summed E-state index contributed by atoms with van der Waals surface area (Å²) >= 11 is 0. The monoisotopic (exact) mass is 298 g/mol. The molecule has 0 bridgehead atoms. The minimum absolute atomic E-state index is 0.581. The van der Waals surface area contributed by atoms with E-state index in [1.54, 1.807) is 0 Å². The first-order chi connectivity index (χ1) is 10.9. The predicted octanol–water partition coefficient (Wildman–Crippen LogP) is 1.41. The van der Waals surface area contributed by atoms with Crippen LogP contribution >= 0.6 is 0 Å². The van der Waals surface area contributed by atoms with Crippen LogP contribution < -0.4 is 4.90 Å². The Morgan fingerprint density at radius 2 is 1.82 bits per heavy atom. The molecule has 116 valence electrons. The molecule has 0 N–H and O–H groups in total. The van der Waals surface area contributed by atoms with Crippen LogP contribution in [-0.4, -0.2) is 50.6 Å². The van der Waals surface area contributed by atoms with E-state index in [0.29, 0.717) is 5.92 Å². The van der Waals surface area contributed by atoms with Gasteiger partial charge in [-0.05, 0) is 32.0 Å². The van der Waals surface area contributed by atoms with Gasteiger partial charge in [0.05, 0.1) is 6.54 Å². The third-order valence-corrected chi connectivity index (χ3v) is 4.62. The fraction of sp³-hybridized carbons (Fsp3) is 0.562. The molecule has 2 aliphatic heterocycles. The van der Waals surface area contributed by atoms with Crippen molar-refractivity contribution < 1.29 is 0 Å². The molecule has 0 aliphatic carbocycles. The van der Waals surface area contributed by atoms with Gasteiger partial charge >= 0.3 is 0 Å². The van der Waals surface area contributed by atoms with E-state index in [0.717, 1.165) is 38.0 Å². The van der Waals surface area contributed by atoms with Crippen LogP contribution in [0.5, 0.6) is 0 Å². The highest BCUT2D eigenvalue weighted by atomic mass is 15.3. The summed E-state index contributed by atoms with van der Waals surface area (Å²) in [5.74, 6) is 2.50. The first kappa shape index (κ1) is 13.7. The summed E-state index contributed by atoms with van der Waals surface area (Å²) in [4.78, 5) is 18.2. The minimum atomic E-state index is 0.581. The minimum Gasteiger partial charge on any atom is -0.333 e. The van der Waals surface area contributed by atoms with Gasteiger partial charge in [-0.1, -0.05) is 0 Å². The zero-order valence-electron chi connectivity index (χ0n) is 12.8. The molecule has 1 saturated heterocycles. The van der Waals surface area contributed by atoms with Crippen molar-refractivity contribution in [3.05, 3.63) is 36.7 Å². The Morgan fingerprint density at radius 1 is 1.00 bits per heavy atom. The molecule has 1 unspecified atom stereocenters. The van der Waals surface area contributed by atoms with Crippen LogP contribution in [-0.2, 0) is 13.1 Å². The summed E-state index contributed by atoms with van der Waals surface area (Å²) in [6.07, 6.45) is 10.3. The predicted molar refractivity (Wildman–Crippen MR) is 84.5 cm³/mol. The van der Waals surface area contributed by atoms with Gasteiger partial charge in [0.2, 0.25) is 5.95 Å². The molecule has 0 aromatic carbocycles. The zero-order valence-corrected chi connectivity index (χ0v) is 12.8. The Morgan fingerprint density at radius 3 is 2.64 bits per heavy atom. The number of aromatic nitrogens is 4. The van der Waals surface area contributed by atoms with Gasteiger partial charge in [0, 0.05) is 50.3 Å². The maximum Gasteiger partial charge on any atom is 0.225 e. The lowest BCUT2D eigenvalue weighted by atomic mass is 10.1. The zero-order chi connectivity index (χ0) is 14.8. The van der Waals surface area contributed by atoms with E-state index in [1.807, 2.05) is 24.7 Å². The van der Waals surface area contributed by atoms with E-state index >= 15 is 0 Å². The fourth-order valence-electron chi connectivity index (χ4n) is 3.59. The molecule has 2 aromatic rings. The van der Waals surface area contributed by atoms with E-state index in [2.05, 4.69) is 35.5 Å². The van der Waals surface area contributed by atoms with Gasteiger partial charge < -0.3 is 14.4 Å². The summed E-state index contributed by atoms with van der Waals surface area (Å²) in [6, 6.07) is 1.87. The SMILES string of the molecule is c1cnc(N2Cc3nccn3CC(CN3CCCC3)C2)nc1. The summed E-state index contributed by atoms with van der Waals surface area (Å²) in [6.45, 7) is 6.46. The van der Waals surface area contributed by atoms with Crippen molar-refractivity contribution in [2.75, 3.05) is 31.1 Å². The second-order valence-corrected chi connectivity index (χ2v) is 6.30. The van der Waals surface area contributed by atoms with E-state index < -0.39 is 0 Å². The van der Waals surface area contributed by atoms with Crippen LogP contribution in [0.25, 0.3) is 0 Å². The van der Waals surface area contributed by atoms with Crippen molar-refractivity contribution >= 4 is 5.95 Å². The number of hydrogen-bond acceptors (Lipinski definition) is 5. The first-order valence-electron chi connectivity index (χ1n) is 8.13. The van der Waals surface area contributed by atoms with Crippen molar-refractivity contribution in [3.63, 3.8) is 0 Å². The molecule has 0 amide bonds. The molecule has 2 aliphatic rings. The van der Waals surface area contributed by atoms with E-state index in [9.17, 15) is 0 Å². The van der Waals surface area contributed by atoms with Crippen LogP contribution in [0.1, 0.15) is 18.7 Å². The molecule has 1 fully saturated rings. The number of fused-ring (bicyclic) bond motifs is 1. The third kappa shape index (κ3) is 2.83. The van der Waals surface area contributed by atoms with Gasteiger partial charge in [0.15, 0.2) is 0 Å². The van der Waals surface area contributed by atoms with Gasteiger partial charge in [-0.2, -0.15) is 0 Å². The molecule has 22 heavy (non-hydrogen) atoms. The molecule has 4 heterocycles. The Kier molecular flexibility index (Phi) is 3.76. The normalized spacial score (nSPS) is 22.5. The fourth-order valence-corrected chi connectivity index (χ4v) is 3.59. The van der Waals surface area contributed by atoms with Gasteiger partial charge in [-0.3, -0.25) is 0 Å². The largest absolute Gasteiger partial charge is 0.333 e. The summed E-state index contributed by atoms with van der Waals surface area (Å²) < 4.78 is 2.30. The number of anilines is 1. The van der Waals surface area contributed by atoms with Gasteiger partial charge in [-0.25, -0.2) is 15.0 Å². The topological polar surface area (TPSA) is 50.1 Å². The van der Waals surface area contributed by atoms with E-state index in [1.165, 1.54) is 25.9 Å². The van der Waals surface area contributed by atoms with Crippen molar-refractivity contribution in [2.24, 2.45) is 5.92 Å². The van der Waals surface area contributed by atoms with Gasteiger partial charge in [0.25, 0.3) is 0 Å². The van der Waals surface area contributed by atoms with Gasteiger partial charge in [-0.15, -0.1) is 0 Å². The maximum absolute atomic E-state index is 4.51. The Labute approximate surface area is 130 Å². The second-order valence-electron chi connectivity index (χ2n) is 6.30. The molecule has 2 aromatic heterocycles. The number of imidazole rings is 1. The first-order valence-corrected chi connectivity index (χ1v) is 8.13. The number of hydrogen-bond donors (Lipinski definition) is 0. The molecule has 0 spiro atoms. The van der Waals surface area contributed by atoms with Crippen molar-refractivity contribution in [3.8, 4) is 0 Å². The molecular weight excluding hydrogens is 276 g/mol. The Bertz CT molecular complexity index is 604. The van der Waals surface area contributed by atoms with Crippen LogP contribution in [0.3, 0.4) is 0 Å². The highest BCUT2D eigenvalue weighted by Gasteiger charge is 2.26. The third-order valence-electron chi connectivity index (χ3n) is 4.62. The molecule has 6 heteroatoms.